The fourth-order valence-electron chi connectivity index (χ4n) is 0.845. The van der Waals surface area contributed by atoms with E-state index >= 15 is 0 Å². The lowest BCUT2D eigenvalue weighted by atomic mass is 10.3. The van der Waals surface area contributed by atoms with Gasteiger partial charge < -0.3 is 0 Å². The summed E-state index contributed by atoms with van der Waals surface area (Å²) in [5.41, 5.74) is 0. The first-order valence-corrected chi connectivity index (χ1v) is 5.21. The molecular weight excluding hydrogens is 158 g/mol. The quantitative estimate of drug-likeness (QED) is 0.643. The van der Waals surface area contributed by atoms with Gasteiger partial charge in [-0.25, -0.2) is 8.51 Å². The van der Waals surface area contributed by atoms with Crippen LogP contribution < -0.4 is 0 Å². The average Bonchev–Trinajstić information content (AvgIpc) is 1.88. The molecule has 0 radical (unpaired) electrons. The van der Waals surface area contributed by atoms with Crippen molar-refractivity contribution in [2.45, 2.75) is 39.4 Å². The third-order valence-electron chi connectivity index (χ3n) is 1.46. The Hall–Kier alpha value is 0.110. The lowest BCUT2D eigenvalue weighted by Gasteiger charge is -2.26. The lowest BCUT2D eigenvalue weighted by molar-refractivity contribution is 0.472. The van der Waals surface area contributed by atoms with E-state index in [1.54, 1.807) is 0 Å². The third-order valence-corrected chi connectivity index (χ3v) is 3.50. The van der Waals surface area contributed by atoms with Crippen LogP contribution in [0.1, 0.15) is 34.6 Å². The molecule has 0 aliphatic carbocycles. The molecule has 1 atom stereocenters. The summed E-state index contributed by atoms with van der Waals surface area (Å²) in [4.78, 5) is 0. The van der Waals surface area contributed by atoms with Gasteiger partial charge in [0.05, 0.1) is 15.7 Å². The zero-order chi connectivity index (χ0) is 9.07. The maximum Gasteiger partial charge on any atom is 0.0997 e. The molecule has 0 aromatic rings. The lowest BCUT2D eigenvalue weighted by Crippen LogP contribution is -2.37. The van der Waals surface area contributed by atoms with Crippen molar-refractivity contribution < 1.29 is 4.21 Å². The van der Waals surface area contributed by atoms with Crippen LogP contribution in [0.2, 0.25) is 0 Å². The van der Waals surface area contributed by atoms with E-state index < -0.39 is 11.0 Å². The predicted molar refractivity (Wildman–Crippen MR) is 50.8 cm³/mol. The Bertz CT molecular complexity index is 136. The maximum absolute atomic E-state index is 11.7. The van der Waals surface area contributed by atoms with E-state index in [-0.39, 0.29) is 4.75 Å². The van der Waals surface area contributed by atoms with Crippen molar-refractivity contribution in [1.82, 2.24) is 4.31 Å². The zero-order valence-electron chi connectivity index (χ0n) is 8.18. The second kappa shape index (κ2) is 4.21. The first-order chi connectivity index (χ1) is 4.93. The molecule has 0 N–H and O–H groups in total. The predicted octanol–water partition coefficient (Wildman–Crippen LogP) is 1.79. The van der Waals surface area contributed by atoms with Gasteiger partial charge in [0.2, 0.25) is 0 Å². The van der Waals surface area contributed by atoms with Crippen LogP contribution in [0.3, 0.4) is 0 Å². The molecule has 0 rings (SSSR count). The largest absolute Gasteiger partial charge is 0.242 e. The van der Waals surface area contributed by atoms with Crippen LogP contribution >= 0.6 is 0 Å². The molecule has 0 saturated heterocycles. The first kappa shape index (κ1) is 11.1. The molecule has 0 aromatic carbocycles. The summed E-state index contributed by atoms with van der Waals surface area (Å²) in [5, 5.41) is 0. The molecule has 0 aromatic heterocycles. The molecule has 0 aliphatic heterocycles. The first-order valence-electron chi connectivity index (χ1n) is 4.10. The smallest absolute Gasteiger partial charge is 0.0997 e. The van der Waals surface area contributed by atoms with Crippen molar-refractivity contribution in [3.8, 4) is 0 Å². The molecule has 0 saturated carbocycles. The van der Waals surface area contributed by atoms with Crippen LogP contribution in [0, 0.1) is 0 Å². The number of nitrogens with zero attached hydrogens (tertiary/aromatic N) is 1. The maximum atomic E-state index is 11.7. The Morgan fingerprint density at radius 2 is 1.55 bits per heavy atom. The van der Waals surface area contributed by atoms with E-state index in [1.165, 1.54) is 0 Å². The number of hydrogen-bond donors (Lipinski definition) is 0. The van der Waals surface area contributed by atoms with Crippen LogP contribution in [-0.4, -0.2) is 26.4 Å². The van der Waals surface area contributed by atoms with Gasteiger partial charge in [-0.3, -0.25) is 0 Å². The summed E-state index contributed by atoms with van der Waals surface area (Å²) in [6, 6.07) is 0. The van der Waals surface area contributed by atoms with Gasteiger partial charge in [0.15, 0.2) is 0 Å². The number of rotatable bonds is 3. The van der Waals surface area contributed by atoms with Crippen LogP contribution in [-0.2, 0) is 11.0 Å². The highest BCUT2D eigenvalue weighted by molar-refractivity contribution is 7.84. The van der Waals surface area contributed by atoms with Crippen molar-refractivity contribution in [1.29, 1.82) is 0 Å². The Morgan fingerprint density at radius 1 is 1.18 bits per heavy atom. The van der Waals surface area contributed by atoms with Gasteiger partial charge in [-0.2, -0.15) is 0 Å². The van der Waals surface area contributed by atoms with Crippen LogP contribution in [0.25, 0.3) is 0 Å². The van der Waals surface area contributed by atoms with Gasteiger partial charge in [0.1, 0.15) is 0 Å². The molecule has 0 fully saturated rings. The Labute approximate surface area is 72.6 Å². The molecule has 0 spiro atoms. The Balaban J connectivity index is 4.22. The van der Waals surface area contributed by atoms with Gasteiger partial charge in [0.25, 0.3) is 0 Å². The average molecular weight is 177 g/mol. The van der Waals surface area contributed by atoms with Crippen molar-refractivity contribution in [3.63, 3.8) is 0 Å². The molecule has 11 heavy (non-hydrogen) atoms. The van der Waals surface area contributed by atoms with Gasteiger partial charge in [0, 0.05) is 13.1 Å². The molecule has 68 valence electrons. The monoisotopic (exact) mass is 177 g/mol. The zero-order valence-corrected chi connectivity index (χ0v) is 8.99. The normalized spacial score (nSPS) is 15.5. The topological polar surface area (TPSA) is 20.3 Å². The summed E-state index contributed by atoms with van der Waals surface area (Å²) in [7, 11) is -0.842. The minimum Gasteiger partial charge on any atom is -0.242 e. The van der Waals surface area contributed by atoms with Gasteiger partial charge in [-0.1, -0.05) is 13.8 Å². The van der Waals surface area contributed by atoms with Crippen molar-refractivity contribution in [2.24, 2.45) is 0 Å². The molecular formula is C8H19NOS. The van der Waals surface area contributed by atoms with Crippen LogP contribution in [0.4, 0.5) is 0 Å². The highest BCUT2D eigenvalue weighted by Gasteiger charge is 2.23. The Kier molecular flexibility index (Phi) is 4.26. The third kappa shape index (κ3) is 3.34. The minimum atomic E-state index is -0.842. The van der Waals surface area contributed by atoms with E-state index in [9.17, 15) is 4.21 Å². The van der Waals surface area contributed by atoms with E-state index in [0.717, 1.165) is 13.1 Å². The van der Waals surface area contributed by atoms with E-state index in [1.807, 2.05) is 38.9 Å². The molecule has 0 amide bonds. The van der Waals surface area contributed by atoms with E-state index in [2.05, 4.69) is 0 Å². The highest BCUT2D eigenvalue weighted by atomic mass is 32.2. The SMILES string of the molecule is CCN(CC)[S@](=O)C(C)(C)C. The molecule has 2 nitrogen and oxygen atoms in total. The standard InChI is InChI=1S/C8H19NOS/c1-6-9(7-2)11(10)8(3,4)5/h6-7H2,1-5H3/t11-/m1/s1. The second-order valence-electron chi connectivity index (χ2n) is 3.48. The summed E-state index contributed by atoms with van der Waals surface area (Å²) < 4.78 is 13.5. The molecule has 0 bridgehead atoms. The molecule has 3 heteroatoms. The summed E-state index contributed by atoms with van der Waals surface area (Å²) in [6.07, 6.45) is 0. The van der Waals surface area contributed by atoms with Crippen molar-refractivity contribution in [2.75, 3.05) is 13.1 Å². The molecule has 0 heterocycles. The summed E-state index contributed by atoms with van der Waals surface area (Å²) >= 11 is 0. The summed E-state index contributed by atoms with van der Waals surface area (Å²) in [6.45, 7) is 11.8. The second-order valence-corrected chi connectivity index (χ2v) is 5.72. The van der Waals surface area contributed by atoms with Crippen LogP contribution in [0.15, 0.2) is 0 Å². The van der Waals surface area contributed by atoms with Gasteiger partial charge in [-0.15, -0.1) is 0 Å². The van der Waals surface area contributed by atoms with E-state index in [0.29, 0.717) is 0 Å². The van der Waals surface area contributed by atoms with Crippen molar-refractivity contribution >= 4 is 11.0 Å². The fraction of sp³-hybridized carbons (Fsp3) is 1.00. The fourth-order valence-corrected chi connectivity index (χ4v) is 2.09. The Morgan fingerprint density at radius 3 is 1.64 bits per heavy atom. The van der Waals surface area contributed by atoms with E-state index in [4.69, 9.17) is 0 Å². The van der Waals surface area contributed by atoms with Crippen LogP contribution in [0.5, 0.6) is 0 Å². The van der Waals surface area contributed by atoms with Crippen molar-refractivity contribution in [3.05, 3.63) is 0 Å². The van der Waals surface area contributed by atoms with Gasteiger partial charge >= 0.3 is 0 Å². The molecule has 0 unspecified atom stereocenters. The molecule has 0 aliphatic rings. The van der Waals surface area contributed by atoms with Gasteiger partial charge in [-0.05, 0) is 20.8 Å². The highest BCUT2D eigenvalue weighted by Crippen LogP contribution is 2.14. The minimum absolute atomic E-state index is 0.119. The summed E-state index contributed by atoms with van der Waals surface area (Å²) in [5.74, 6) is 0. The number of hydrogen-bond acceptors (Lipinski definition) is 1.